The quantitative estimate of drug-likeness (QED) is 0.650. The van der Waals surface area contributed by atoms with E-state index in [2.05, 4.69) is 13.3 Å². The molecule has 2 nitrogen and oxygen atoms in total. The molecule has 0 bridgehead atoms. The molecule has 0 aromatic rings. The highest BCUT2D eigenvalue weighted by atomic mass is 31.1. The van der Waals surface area contributed by atoms with E-state index in [1.54, 1.807) is 0 Å². The van der Waals surface area contributed by atoms with Crippen molar-refractivity contribution in [1.82, 2.24) is 0 Å². The fourth-order valence-corrected chi connectivity index (χ4v) is 8.19. The average Bonchev–Trinajstić information content (AvgIpc) is 2.47. The van der Waals surface area contributed by atoms with E-state index in [9.17, 15) is 0 Å². The minimum absolute atomic E-state index is 0.191. The molecule has 2 aliphatic heterocycles. The van der Waals surface area contributed by atoms with Crippen LogP contribution in [-0.2, 0) is 9.47 Å². The van der Waals surface area contributed by atoms with E-state index < -0.39 is 0 Å². The molecule has 0 aromatic heterocycles. The third kappa shape index (κ3) is 6.69. The SMILES string of the molecule is CP(CCP(C)CC1CCCCO1)CC1CCCCO1. The topological polar surface area (TPSA) is 18.5 Å². The summed E-state index contributed by atoms with van der Waals surface area (Å²) in [5.41, 5.74) is 0. The summed E-state index contributed by atoms with van der Waals surface area (Å²) in [4.78, 5) is 0. The van der Waals surface area contributed by atoms with E-state index in [0.29, 0.717) is 12.2 Å². The van der Waals surface area contributed by atoms with Gasteiger partial charge in [-0.2, -0.15) is 0 Å². The highest BCUT2D eigenvalue weighted by Gasteiger charge is 2.19. The summed E-state index contributed by atoms with van der Waals surface area (Å²) < 4.78 is 11.8. The zero-order chi connectivity index (χ0) is 14.2. The molecule has 20 heavy (non-hydrogen) atoms. The molecule has 4 unspecified atom stereocenters. The fourth-order valence-electron chi connectivity index (χ4n) is 3.12. The molecule has 2 aliphatic rings. The molecule has 0 amide bonds. The molecule has 0 radical (unpaired) electrons. The van der Waals surface area contributed by atoms with Gasteiger partial charge in [0.1, 0.15) is 0 Å². The predicted molar refractivity (Wildman–Crippen MR) is 92.3 cm³/mol. The minimum Gasteiger partial charge on any atom is -0.378 e. The zero-order valence-electron chi connectivity index (χ0n) is 13.4. The smallest absolute Gasteiger partial charge is 0.0614 e. The third-order valence-corrected chi connectivity index (χ3v) is 8.83. The van der Waals surface area contributed by atoms with Gasteiger partial charge in [-0.1, -0.05) is 0 Å². The van der Waals surface area contributed by atoms with Crippen LogP contribution in [0.25, 0.3) is 0 Å². The number of rotatable bonds is 7. The van der Waals surface area contributed by atoms with Crippen LogP contribution in [0.2, 0.25) is 0 Å². The maximum absolute atomic E-state index is 5.88. The minimum atomic E-state index is 0.191. The molecule has 2 heterocycles. The lowest BCUT2D eigenvalue weighted by atomic mass is 10.1. The molecule has 4 atom stereocenters. The summed E-state index contributed by atoms with van der Waals surface area (Å²) in [5, 5.41) is 0. The Hall–Kier alpha value is 0.780. The van der Waals surface area contributed by atoms with Crippen LogP contribution in [0.5, 0.6) is 0 Å². The van der Waals surface area contributed by atoms with Gasteiger partial charge in [-0.25, -0.2) is 0 Å². The molecule has 0 spiro atoms. The summed E-state index contributed by atoms with van der Waals surface area (Å²) in [5.74, 6) is 0. The maximum atomic E-state index is 5.88. The van der Waals surface area contributed by atoms with Crippen molar-refractivity contribution in [3.63, 3.8) is 0 Å². The maximum Gasteiger partial charge on any atom is 0.0614 e. The number of hydrogen-bond acceptors (Lipinski definition) is 2. The summed E-state index contributed by atoms with van der Waals surface area (Å²) in [6, 6.07) is 0. The van der Waals surface area contributed by atoms with Gasteiger partial charge in [0.15, 0.2) is 0 Å². The van der Waals surface area contributed by atoms with Crippen LogP contribution in [-0.4, -0.2) is 63.4 Å². The Bertz CT molecular complexity index is 225. The Morgan fingerprint density at radius 1 is 0.750 bits per heavy atom. The van der Waals surface area contributed by atoms with Gasteiger partial charge in [0.25, 0.3) is 0 Å². The monoisotopic (exact) mass is 318 g/mol. The molecule has 0 aromatic carbocycles. The highest BCUT2D eigenvalue weighted by molar-refractivity contribution is 7.61. The second-order valence-corrected chi connectivity index (χ2v) is 11.6. The van der Waals surface area contributed by atoms with Gasteiger partial charge in [0.2, 0.25) is 0 Å². The summed E-state index contributed by atoms with van der Waals surface area (Å²) in [6.07, 6.45) is 14.7. The normalized spacial score (nSPS) is 30.9. The van der Waals surface area contributed by atoms with Gasteiger partial charge in [-0.3, -0.25) is 0 Å². The van der Waals surface area contributed by atoms with Crippen LogP contribution < -0.4 is 0 Å². The van der Waals surface area contributed by atoms with Gasteiger partial charge in [-0.05, 0) is 76.5 Å². The largest absolute Gasteiger partial charge is 0.378 e. The van der Waals surface area contributed by atoms with Crippen molar-refractivity contribution in [1.29, 1.82) is 0 Å². The number of hydrogen-bond donors (Lipinski definition) is 0. The van der Waals surface area contributed by atoms with Gasteiger partial charge in [0.05, 0.1) is 12.2 Å². The molecule has 0 aliphatic carbocycles. The zero-order valence-corrected chi connectivity index (χ0v) is 15.1. The second kappa shape index (κ2) is 9.73. The molecule has 2 rings (SSSR count). The van der Waals surface area contributed by atoms with Gasteiger partial charge in [-0.15, -0.1) is 15.8 Å². The molecular formula is C16H32O2P2. The van der Waals surface area contributed by atoms with Crippen LogP contribution in [0, 0.1) is 0 Å². The van der Waals surface area contributed by atoms with Gasteiger partial charge < -0.3 is 9.47 Å². The molecule has 0 saturated carbocycles. The fraction of sp³-hybridized carbons (Fsp3) is 1.00. The first-order valence-corrected chi connectivity index (χ1v) is 12.7. The molecule has 4 heteroatoms. The van der Waals surface area contributed by atoms with E-state index in [-0.39, 0.29) is 15.8 Å². The first kappa shape index (κ1) is 17.1. The Kier molecular flexibility index (Phi) is 8.34. The van der Waals surface area contributed by atoms with E-state index in [0.717, 1.165) is 13.2 Å². The predicted octanol–water partition coefficient (Wildman–Crippen LogP) is 4.35. The van der Waals surface area contributed by atoms with Gasteiger partial charge in [0, 0.05) is 13.2 Å². The van der Waals surface area contributed by atoms with Crippen molar-refractivity contribution in [2.45, 2.75) is 50.7 Å². The average molecular weight is 318 g/mol. The van der Waals surface area contributed by atoms with Crippen molar-refractivity contribution >= 4 is 15.8 Å². The van der Waals surface area contributed by atoms with Crippen molar-refractivity contribution in [2.24, 2.45) is 0 Å². The van der Waals surface area contributed by atoms with Crippen LogP contribution >= 0.6 is 15.8 Å². The third-order valence-electron chi connectivity index (χ3n) is 4.44. The Morgan fingerprint density at radius 3 is 1.55 bits per heavy atom. The van der Waals surface area contributed by atoms with Crippen LogP contribution in [0.15, 0.2) is 0 Å². The Balaban J connectivity index is 1.55. The molecule has 118 valence electrons. The first-order chi connectivity index (χ1) is 9.74. The van der Waals surface area contributed by atoms with E-state index in [1.807, 2.05) is 0 Å². The van der Waals surface area contributed by atoms with E-state index in [4.69, 9.17) is 9.47 Å². The van der Waals surface area contributed by atoms with Crippen molar-refractivity contribution < 1.29 is 9.47 Å². The lowest BCUT2D eigenvalue weighted by molar-refractivity contribution is 0.0306. The summed E-state index contributed by atoms with van der Waals surface area (Å²) in [6.45, 7) is 6.97. The standard InChI is InChI=1S/C16H32O2P2/c1-19(13-15-7-3-5-9-17-15)11-12-20(2)14-16-8-4-6-10-18-16/h15-16H,3-14H2,1-2H3. The highest BCUT2D eigenvalue weighted by Crippen LogP contribution is 2.41. The van der Waals surface area contributed by atoms with Crippen LogP contribution in [0.1, 0.15) is 38.5 Å². The molecule has 2 fully saturated rings. The second-order valence-electron chi connectivity index (χ2n) is 6.50. The lowest BCUT2D eigenvalue weighted by Crippen LogP contribution is -2.23. The van der Waals surface area contributed by atoms with E-state index in [1.165, 1.54) is 63.2 Å². The molecule has 0 N–H and O–H groups in total. The van der Waals surface area contributed by atoms with Crippen molar-refractivity contribution in [3.05, 3.63) is 0 Å². The molecule has 2 saturated heterocycles. The summed E-state index contributed by atoms with van der Waals surface area (Å²) >= 11 is 0. The van der Waals surface area contributed by atoms with Crippen molar-refractivity contribution in [3.8, 4) is 0 Å². The van der Waals surface area contributed by atoms with Crippen LogP contribution in [0.4, 0.5) is 0 Å². The Labute approximate surface area is 127 Å². The molecular weight excluding hydrogens is 286 g/mol. The van der Waals surface area contributed by atoms with Gasteiger partial charge >= 0.3 is 0 Å². The van der Waals surface area contributed by atoms with Crippen LogP contribution in [0.3, 0.4) is 0 Å². The van der Waals surface area contributed by atoms with Crippen molar-refractivity contribution in [2.75, 3.05) is 51.2 Å². The summed E-state index contributed by atoms with van der Waals surface area (Å²) in [7, 11) is 0.383. The lowest BCUT2D eigenvalue weighted by Gasteiger charge is -2.28. The first-order valence-electron chi connectivity index (χ1n) is 8.34. The number of ether oxygens (including phenoxy) is 2. The Morgan fingerprint density at radius 2 is 1.20 bits per heavy atom. The van der Waals surface area contributed by atoms with E-state index >= 15 is 0 Å².